The molecule has 7 nitrogen and oxygen atoms in total. The van der Waals surface area contributed by atoms with E-state index in [9.17, 15) is 9.59 Å². The lowest BCUT2D eigenvalue weighted by atomic mass is 10.2. The molecule has 2 N–H and O–H groups in total. The second kappa shape index (κ2) is 10.6. The molecule has 0 saturated carbocycles. The third-order valence-corrected chi connectivity index (χ3v) is 4.70. The lowest BCUT2D eigenvalue weighted by molar-refractivity contribution is -0.139. The first-order valence-corrected chi connectivity index (χ1v) is 9.69. The van der Waals surface area contributed by atoms with Gasteiger partial charge in [0.05, 0.1) is 12.3 Å². The maximum Gasteiger partial charge on any atom is 0.329 e. The molecule has 8 heteroatoms. The van der Waals surface area contributed by atoms with Gasteiger partial charge in [0.25, 0.3) is 0 Å². The topological polar surface area (TPSA) is 89.0 Å². The standard InChI is InChI=1S/C21H22ClN3O4/c22-19-6-2-1-4-16(19)14-29-17-9-7-15(8-10-17)12-24-25-21(27)20(26)23-13-18-5-3-11-28-18/h1-2,4,6-10,12,18H,3,5,11,13-14H2,(H,23,26)(H,25,27)/t18-/m0/s1. The maximum atomic E-state index is 11.7. The molecule has 1 saturated heterocycles. The highest BCUT2D eigenvalue weighted by Gasteiger charge is 2.18. The fraction of sp³-hybridized carbons (Fsp3) is 0.286. The van der Waals surface area contributed by atoms with Crippen LogP contribution in [0.25, 0.3) is 0 Å². The van der Waals surface area contributed by atoms with Crippen molar-refractivity contribution >= 4 is 29.6 Å². The summed E-state index contributed by atoms with van der Waals surface area (Å²) in [6, 6.07) is 14.6. The smallest absolute Gasteiger partial charge is 0.329 e. The van der Waals surface area contributed by atoms with Gasteiger partial charge in [-0.2, -0.15) is 5.10 Å². The Morgan fingerprint density at radius 1 is 1.17 bits per heavy atom. The highest BCUT2D eigenvalue weighted by atomic mass is 35.5. The molecule has 2 aromatic rings. The van der Waals surface area contributed by atoms with Gasteiger partial charge < -0.3 is 14.8 Å². The molecule has 0 aliphatic carbocycles. The molecule has 1 aliphatic heterocycles. The van der Waals surface area contributed by atoms with Crippen molar-refractivity contribution in [1.29, 1.82) is 0 Å². The SMILES string of the molecule is O=C(NC[C@@H]1CCCO1)C(=O)NN=Cc1ccc(OCc2ccccc2Cl)cc1. The zero-order valence-corrected chi connectivity index (χ0v) is 16.5. The third-order valence-electron chi connectivity index (χ3n) is 4.33. The van der Waals surface area contributed by atoms with E-state index in [1.807, 2.05) is 24.3 Å². The minimum Gasteiger partial charge on any atom is -0.489 e. The van der Waals surface area contributed by atoms with E-state index in [1.54, 1.807) is 24.3 Å². The van der Waals surface area contributed by atoms with Gasteiger partial charge in [0, 0.05) is 23.7 Å². The second-order valence-corrected chi connectivity index (χ2v) is 6.90. The van der Waals surface area contributed by atoms with E-state index >= 15 is 0 Å². The van der Waals surface area contributed by atoms with Crippen molar-refractivity contribution in [3.8, 4) is 5.75 Å². The molecule has 0 unspecified atom stereocenters. The normalized spacial score (nSPS) is 16.0. The highest BCUT2D eigenvalue weighted by Crippen LogP contribution is 2.18. The van der Waals surface area contributed by atoms with Gasteiger partial charge in [-0.3, -0.25) is 9.59 Å². The summed E-state index contributed by atoms with van der Waals surface area (Å²) in [4.78, 5) is 23.5. The van der Waals surface area contributed by atoms with Crippen molar-refractivity contribution in [3.63, 3.8) is 0 Å². The van der Waals surface area contributed by atoms with Crippen LogP contribution in [0, 0.1) is 0 Å². The zero-order valence-electron chi connectivity index (χ0n) is 15.8. The average Bonchev–Trinajstić information content (AvgIpc) is 3.26. The van der Waals surface area contributed by atoms with E-state index < -0.39 is 11.8 Å². The number of rotatable bonds is 7. The van der Waals surface area contributed by atoms with Gasteiger partial charge in [0.1, 0.15) is 12.4 Å². The van der Waals surface area contributed by atoms with Gasteiger partial charge in [-0.05, 0) is 48.7 Å². The van der Waals surface area contributed by atoms with E-state index in [-0.39, 0.29) is 6.10 Å². The Morgan fingerprint density at radius 3 is 2.69 bits per heavy atom. The van der Waals surface area contributed by atoms with E-state index in [0.29, 0.717) is 30.5 Å². The summed E-state index contributed by atoms with van der Waals surface area (Å²) in [7, 11) is 0. The summed E-state index contributed by atoms with van der Waals surface area (Å²) >= 11 is 6.11. The molecule has 0 radical (unpaired) electrons. The predicted molar refractivity (Wildman–Crippen MR) is 110 cm³/mol. The van der Waals surface area contributed by atoms with Crippen LogP contribution in [0.1, 0.15) is 24.0 Å². The number of nitrogens with one attached hydrogen (secondary N) is 2. The average molecular weight is 416 g/mol. The van der Waals surface area contributed by atoms with Crippen molar-refractivity contribution in [2.75, 3.05) is 13.2 Å². The number of benzene rings is 2. The van der Waals surface area contributed by atoms with Crippen LogP contribution < -0.4 is 15.5 Å². The Bertz CT molecular complexity index is 864. The van der Waals surface area contributed by atoms with E-state index in [0.717, 1.165) is 24.0 Å². The molecular formula is C21H22ClN3O4. The summed E-state index contributed by atoms with van der Waals surface area (Å²) in [5.74, 6) is -0.875. The Hall–Kier alpha value is -2.90. The first-order chi connectivity index (χ1) is 14.1. The largest absolute Gasteiger partial charge is 0.489 e. The molecule has 29 heavy (non-hydrogen) atoms. The Labute approximate surface area is 174 Å². The van der Waals surface area contributed by atoms with Gasteiger partial charge >= 0.3 is 11.8 Å². The number of halogens is 1. The predicted octanol–water partition coefficient (Wildman–Crippen LogP) is 2.66. The Kier molecular flexibility index (Phi) is 7.61. The van der Waals surface area contributed by atoms with E-state index in [4.69, 9.17) is 21.1 Å². The van der Waals surface area contributed by atoms with Crippen LogP contribution in [-0.4, -0.2) is 37.3 Å². The van der Waals surface area contributed by atoms with Crippen LogP contribution >= 0.6 is 11.6 Å². The van der Waals surface area contributed by atoms with Crippen molar-refractivity contribution in [1.82, 2.24) is 10.7 Å². The highest BCUT2D eigenvalue weighted by molar-refractivity contribution is 6.35. The number of carbonyl (C=O) groups is 2. The minimum absolute atomic E-state index is 0.0195. The quantitative estimate of drug-likeness (QED) is 0.413. The van der Waals surface area contributed by atoms with Crippen LogP contribution in [0.3, 0.4) is 0 Å². The molecule has 0 aromatic heterocycles. The van der Waals surface area contributed by atoms with Gasteiger partial charge in [-0.1, -0.05) is 29.8 Å². The monoisotopic (exact) mass is 415 g/mol. The number of hydrogen-bond acceptors (Lipinski definition) is 5. The molecule has 0 bridgehead atoms. The number of carbonyl (C=O) groups excluding carboxylic acids is 2. The minimum atomic E-state index is -0.820. The van der Waals surface area contributed by atoms with Gasteiger partial charge in [-0.25, -0.2) is 5.43 Å². The maximum absolute atomic E-state index is 11.7. The van der Waals surface area contributed by atoms with Gasteiger partial charge in [0.15, 0.2) is 0 Å². The molecule has 1 fully saturated rings. The molecule has 3 rings (SSSR count). The number of amides is 2. The Morgan fingerprint density at radius 2 is 1.97 bits per heavy atom. The number of nitrogens with zero attached hydrogens (tertiary/aromatic N) is 1. The van der Waals surface area contributed by atoms with Crippen LogP contribution in [0.4, 0.5) is 0 Å². The van der Waals surface area contributed by atoms with Crippen molar-refractivity contribution in [2.24, 2.45) is 5.10 Å². The summed E-state index contributed by atoms with van der Waals surface area (Å²) in [5, 5.41) is 7.00. The number of hydrazone groups is 1. The summed E-state index contributed by atoms with van der Waals surface area (Å²) in [6.07, 6.45) is 3.29. The number of ether oxygens (including phenoxy) is 2. The lowest BCUT2D eigenvalue weighted by Gasteiger charge is -2.09. The van der Waals surface area contributed by atoms with Crippen LogP contribution in [0.2, 0.25) is 5.02 Å². The fourth-order valence-electron chi connectivity index (χ4n) is 2.74. The molecule has 0 spiro atoms. The molecule has 1 atom stereocenters. The van der Waals surface area contributed by atoms with Crippen LogP contribution in [0.15, 0.2) is 53.6 Å². The fourth-order valence-corrected chi connectivity index (χ4v) is 2.93. The van der Waals surface area contributed by atoms with E-state index in [2.05, 4.69) is 15.8 Å². The van der Waals surface area contributed by atoms with Crippen molar-refractivity contribution < 1.29 is 19.1 Å². The van der Waals surface area contributed by atoms with Crippen LogP contribution in [-0.2, 0) is 20.9 Å². The van der Waals surface area contributed by atoms with Gasteiger partial charge in [0.2, 0.25) is 0 Å². The molecule has 2 aromatic carbocycles. The van der Waals surface area contributed by atoms with Gasteiger partial charge in [-0.15, -0.1) is 0 Å². The molecule has 1 aliphatic rings. The third kappa shape index (κ3) is 6.58. The first kappa shape index (κ1) is 20.8. The summed E-state index contributed by atoms with van der Waals surface area (Å²) < 4.78 is 11.1. The molecular weight excluding hydrogens is 394 g/mol. The summed E-state index contributed by atoms with van der Waals surface area (Å²) in [5.41, 5.74) is 3.85. The molecule has 2 amide bonds. The number of hydrogen-bond donors (Lipinski definition) is 2. The molecule has 152 valence electrons. The van der Waals surface area contributed by atoms with Crippen molar-refractivity contribution in [2.45, 2.75) is 25.6 Å². The molecule has 1 heterocycles. The van der Waals surface area contributed by atoms with E-state index in [1.165, 1.54) is 6.21 Å². The lowest BCUT2D eigenvalue weighted by Crippen LogP contribution is -2.41. The zero-order chi connectivity index (χ0) is 20.5. The van der Waals surface area contributed by atoms with Crippen molar-refractivity contribution in [3.05, 3.63) is 64.7 Å². The first-order valence-electron chi connectivity index (χ1n) is 9.31. The van der Waals surface area contributed by atoms with Crippen LogP contribution in [0.5, 0.6) is 5.75 Å². The Balaban J connectivity index is 1.41. The summed E-state index contributed by atoms with van der Waals surface area (Å²) in [6.45, 7) is 1.39. The second-order valence-electron chi connectivity index (χ2n) is 6.49.